The van der Waals surface area contributed by atoms with Gasteiger partial charge in [-0.05, 0) is 20.8 Å². The zero-order valence-corrected chi connectivity index (χ0v) is 8.61. The lowest BCUT2D eigenvalue weighted by atomic mass is 9.80. The van der Waals surface area contributed by atoms with Crippen molar-refractivity contribution in [1.29, 1.82) is 0 Å². The molecule has 0 aliphatic heterocycles. The molecule has 0 radical (unpaired) electrons. The van der Waals surface area contributed by atoms with E-state index >= 15 is 0 Å². The van der Waals surface area contributed by atoms with Gasteiger partial charge in [-0.3, -0.25) is 4.79 Å². The van der Waals surface area contributed by atoms with Crippen LogP contribution in [0.1, 0.15) is 27.7 Å². The molecule has 0 bridgehead atoms. The van der Waals surface area contributed by atoms with Crippen molar-refractivity contribution in [2.45, 2.75) is 33.8 Å². The van der Waals surface area contributed by atoms with Crippen molar-refractivity contribution >= 4 is 5.97 Å². The molecule has 0 aromatic rings. The van der Waals surface area contributed by atoms with Gasteiger partial charge in [-0.25, -0.2) is 0 Å². The fourth-order valence-corrected chi connectivity index (χ4v) is 1.19. The van der Waals surface area contributed by atoms with Crippen LogP contribution in [0.25, 0.3) is 0 Å². The summed E-state index contributed by atoms with van der Waals surface area (Å²) in [5.41, 5.74) is -1.10. The maximum absolute atomic E-state index is 10.8. The van der Waals surface area contributed by atoms with Crippen molar-refractivity contribution in [2.75, 3.05) is 0 Å². The van der Waals surface area contributed by atoms with E-state index in [-0.39, 0.29) is 5.92 Å². The summed E-state index contributed by atoms with van der Waals surface area (Å²) in [6.07, 6.45) is 2.75. The van der Waals surface area contributed by atoms with Gasteiger partial charge in [-0.2, -0.15) is 0 Å². The molecule has 0 saturated heterocycles. The number of aliphatic hydroxyl groups excluding tert-OH is 1. The summed E-state index contributed by atoms with van der Waals surface area (Å²) >= 11 is 0. The van der Waals surface area contributed by atoms with E-state index in [9.17, 15) is 9.90 Å². The smallest absolute Gasteiger partial charge is 0.311 e. The van der Waals surface area contributed by atoms with Gasteiger partial charge in [0.2, 0.25) is 0 Å². The third kappa shape index (κ3) is 2.84. The second kappa shape index (κ2) is 4.42. The molecule has 0 rings (SSSR count). The molecule has 0 amide bonds. The van der Waals surface area contributed by atoms with Crippen molar-refractivity contribution in [2.24, 2.45) is 11.3 Å². The van der Waals surface area contributed by atoms with Gasteiger partial charge in [0.1, 0.15) is 0 Å². The molecule has 2 atom stereocenters. The molecule has 0 aliphatic carbocycles. The van der Waals surface area contributed by atoms with Crippen molar-refractivity contribution in [3.8, 4) is 0 Å². The Balaban J connectivity index is 4.57. The number of carboxylic acids is 1. The third-order valence-electron chi connectivity index (χ3n) is 2.28. The van der Waals surface area contributed by atoms with Gasteiger partial charge in [0.05, 0.1) is 11.5 Å². The highest BCUT2D eigenvalue weighted by atomic mass is 16.4. The summed E-state index contributed by atoms with van der Waals surface area (Å²) in [7, 11) is 0. The van der Waals surface area contributed by atoms with Crippen LogP contribution in [0.3, 0.4) is 0 Å². The van der Waals surface area contributed by atoms with Gasteiger partial charge < -0.3 is 10.2 Å². The molecule has 0 spiro atoms. The first-order valence-corrected chi connectivity index (χ1v) is 4.38. The van der Waals surface area contributed by atoms with E-state index in [1.165, 1.54) is 13.8 Å². The molecule has 3 nitrogen and oxygen atoms in total. The quantitative estimate of drug-likeness (QED) is 0.656. The minimum atomic E-state index is -1.10. The molecule has 2 unspecified atom stereocenters. The fraction of sp³-hybridized carbons (Fsp3) is 0.700. The predicted molar refractivity (Wildman–Crippen MR) is 51.4 cm³/mol. The minimum Gasteiger partial charge on any atom is -0.481 e. The summed E-state index contributed by atoms with van der Waals surface area (Å²) in [6.45, 7) is 6.70. The number of hydrogen-bond donors (Lipinski definition) is 2. The van der Waals surface area contributed by atoms with Crippen LogP contribution in [0.2, 0.25) is 0 Å². The average Bonchev–Trinajstić information content (AvgIpc) is 2.03. The van der Waals surface area contributed by atoms with Crippen LogP contribution in [0.5, 0.6) is 0 Å². The fourth-order valence-electron chi connectivity index (χ4n) is 1.19. The van der Waals surface area contributed by atoms with Gasteiger partial charge in [-0.1, -0.05) is 19.1 Å². The molecular formula is C10H18O3. The Bertz CT molecular complexity index is 206. The number of carbonyl (C=O) groups is 1. The van der Waals surface area contributed by atoms with E-state index in [1.54, 1.807) is 13.0 Å². The predicted octanol–water partition coefficient (Wildman–Crippen LogP) is 1.67. The van der Waals surface area contributed by atoms with Crippen LogP contribution in [-0.4, -0.2) is 22.3 Å². The van der Waals surface area contributed by atoms with E-state index in [4.69, 9.17) is 5.11 Å². The van der Waals surface area contributed by atoms with Crippen LogP contribution in [0, 0.1) is 11.3 Å². The van der Waals surface area contributed by atoms with Crippen LogP contribution < -0.4 is 0 Å². The highest BCUT2D eigenvalue weighted by Gasteiger charge is 2.37. The molecule has 13 heavy (non-hydrogen) atoms. The van der Waals surface area contributed by atoms with E-state index in [0.29, 0.717) is 0 Å². The number of allylic oxidation sites excluding steroid dienone is 1. The molecule has 76 valence electrons. The molecule has 0 saturated carbocycles. The molecule has 0 heterocycles. The third-order valence-corrected chi connectivity index (χ3v) is 2.28. The van der Waals surface area contributed by atoms with Crippen LogP contribution in [0.4, 0.5) is 0 Å². The molecule has 0 aromatic heterocycles. The van der Waals surface area contributed by atoms with E-state index < -0.39 is 17.5 Å². The standard InChI is InChI=1S/C10H18O3/c1-5-6-7(2)8(11)10(3,4)9(12)13/h5-8,11H,1-4H3,(H,12,13). The van der Waals surface area contributed by atoms with Crippen molar-refractivity contribution in [1.82, 2.24) is 0 Å². The number of carboxylic acid groups (broad SMARTS) is 1. The van der Waals surface area contributed by atoms with Crippen LogP contribution in [0.15, 0.2) is 12.2 Å². The first-order chi connectivity index (χ1) is 5.84. The van der Waals surface area contributed by atoms with Crippen molar-refractivity contribution in [3.05, 3.63) is 12.2 Å². The lowest BCUT2D eigenvalue weighted by molar-refractivity contribution is -0.154. The Labute approximate surface area is 79.1 Å². The van der Waals surface area contributed by atoms with Gasteiger partial charge >= 0.3 is 5.97 Å². The first-order valence-electron chi connectivity index (χ1n) is 4.38. The SMILES string of the molecule is CC=CC(C)C(O)C(C)(C)C(=O)O. The maximum Gasteiger partial charge on any atom is 0.311 e. The number of rotatable bonds is 4. The Morgan fingerprint density at radius 2 is 1.92 bits per heavy atom. The minimum absolute atomic E-state index is 0.143. The lowest BCUT2D eigenvalue weighted by Crippen LogP contribution is -2.40. The second-order valence-corrected chi connectivity index (χ2v) is 3.86. The van der Waals surface area contributed by atoms with Gasteiger partial charge in [0.25, 0.3) is 0 Å². The van der Waals surface area contributed by atoms with Gasteiger partial charge in [-0.15, -0.1) is 0 Å². The normalized spacial score (nSPS) is 17.3. The van der Waals surface area contributed by atoms with E-state index in [1.807, 2.05) is 13.0 Å². The maximum atomic E-state index is 10.8. The first kappa shape index (κ1) is 12.2. The second-order valence-electron chi connectivity index (χ2n) is 3.86. The molecule has 0 aliphatic rings. The Kier molecular flexibility index (Phi) is 4.14. The largest absolute Gasteiger partial charge is 0.481 e. The zero-order chi connectivity index (χ0) is 10.6. The average molecular weight is 186 g/mol. The summed E-state index contributed by atoms with van der Waals surface area (Å²) < 4.78 is 0. The van der Waals surface area contributed by atoms with Gasteiger partial charge in [0.15, 0.2) is 0 Å². The highest BCUT2D eigenvalue weighted by molar-refractivity contribution is 5.74. The molecular weight excluding hydrogens is 168 g/mol. The number of aliphatic carboxylic acids is 1. The zero-order valence-electron chi connectivity index (χ0n) is 8.61. The van der Waals surface area contributed by atoms with Crippen molar-refractivity contribution < 1.29 is 15.0 Å². The number of aliphatic hydroxyl groups is 1. The topological polar surface area (TPSA) is 57.5 Å². The highest BCUT2D eigenvalue weighted by Crippen LogP contribution is 2.26. The lowest BCUT2D eigenvalue weighted by Gasteiger charge is -2.29. The van der Waals surface area contributed by atoms with E-state index in [0.717, 1.165) is 0 Å². The molecule has 2 N–H and O–H groups in total. The summed E-state index contributed by atoms with van der Waals surface area (Å²) in [4.78, 5) is 10.8. The van der Waals surface area contributed by atoms with E-state index in [2.05, 4.69) is 0 Å². The monoisotopic (exact) mass is 186 g/mol. The Hall–Kier alpha value is -0.830. The molecule has 3 heteroatoms. The Morgan fingerprint density at radius 1 is 1.46 bits per heavy atom. The number of hydrogen-bond acceptors (Lipinski definition) is 2. The van der Waals surface area contributed by atoms with Crippen LogP contribution >= 0.6 is 0 Å². The molecule has 0 aromatic carbocycles. The summed E-state index contributed by atoms with van der Waals surface area (Å²) in [6, 6.07) is 0. The van der Waals surface area contributed by atoms with Crippen LogP contribution in [-0.2, 0) is 4.79 Å². The summed E-state index contributed by atoms with van der Waals surface area (Å²) in [5.74, 6) is -1.12. The Morgan fingerprint density at radius 3 is 2.23 bits per heavy atom. The molecule has 0 fully saturated rings. The van der Waals surface area contributed by atoms with Crippen molar-refractivity contribution in [3.63, 3.8) is 0 Å². The summed E-state index contributed by atoms with van der Waals surface area (Å²) in [5, 5.41) is 18.6. The van der Waals surface area contributed by atoms with Gasteiger partial charge in [0, 0.05) is 5.92 Å².